The van der Waals surface area contributed by atoms with Gasteiger partial charge in [-0.25, -0.2) is 0 Å². The highest BCUT2D eigenvalue weighted by Gasteiger charge is 2.26. The fourth-order valence-electron chi connectivity index (χ4n) is 2.22. The van der Waals surface area contributed by atoms with Gasteiger partial charge in [0.25, 0.3) is 5.91 Å². The predicted molar refractivity (Wildman–Crippen MR) is 78.7 cm³/mol. The molecule has 4 nitrogen and oxygen atoms in total. The fourth-order valence-corrected chi connectivity index (χ4v) is 2.22. The average Bonchev–Trinajstić information content (AvgIpc) is 2.37. The lowest BCUT2D eigenvalue weighted by Gasteiger charge is -2.31. The normalized spacial score (nSPS) is 14.2. The third kappa shape index (κ3) is 4.65. The van der Waals surface area contributed by atoms with Crippen molar-refractivity contribution in [3.63, 3.8) is 0 Å². The highest BCUT2D eigenvalue weighted by Crippen LogP contribution is 2.16. The summed E-state index contributed by atoms with van der Waals surface area (Å²) in [6.45, 7) is 7.14. The van der Waals surface area contributed by atoms with Crippen molar-refractivity contribution in [3.8, 4) is 0 Å². The van der Waals surface area contributed by atoms with Crippen LogP contribution in [0.4, 0.5) is 0 Å². The first-order valence-corrected chi connectivity index (χ1v) is 6.72. The van der Waals surface area contributed by atoms with Crippen LogP contribution >= 0.6 is 0 Å². The van der Waals surface area contributed by atoms with Crippen molar-refractivity contribution in [3.05, 3.63) is 35.4 Å². The van der Waals surface area contributed by atoms with Gasteiger partial charge < -0.3 is 16.8 Å². The van der Waals surface area contributed by atoms with Crippen LogP contribution in [0, 0.1) is 5.92 Å². The van der Waals surface area contributed by atoms with Crippen molar-refractivity contribution in [2.24, 2.45) is 17.4 Å². The molecule has 5 N–H and O–H groups in total. The van der Waals surface area contributed by atoms with Gasteiger partial charge in [-0.05, 0) is 37.0 Å². The summed E-state index contributed by atoms with van der Waals surface area (Å²) in [7, 11) is 0. The number of amides is 1. The van der Waals surface area contributed by atoms with Gasteiger partial charge in [0.2, 0.25) is 0 Å². The Labute approximate surface area is 115 Å². The molecule has 0 aliphatic rings. The lowest BCUT2D eigenvalue weighted by atomic mass is 9.90. The maximum absolute atomic E-state index is 12.2. The molecule has 1 atom stereocenters. The van der Waals surface area contributed by atoms with E-state index < -0.39 is 0 Å². The van der Waals surface area contributed by atoms with Crippen LogP contribution in [0.1, 0.15) is 43.1 Å². The van der Waals surface area contributed by atoms with Gasteiger partial charge in [-0.1, -0.05) is 26.0 Å². The van der Waals surface area contributed by atoms with Crippen LogP contribution < -0.4 is 16.8 Å². The summed E-state index contributed by atoms with van der Waals surface area (Å²) in [6.07, 6.45) is 0.857. The zero-order chi connectivity index (χ0) is 14.5. The molecular formula is C15H25N3O. The maximum Gasteiger partial charge on any atom is 0.251 e. The molecule has 0 heterocycles. The van der Waals surface area contributed by atoms with E-state index in [-0.39, 0.29) is 11.4 Å². The highest BCUT2D eigenvalue weighted by molar-refractivity contribution is 5.94. The van der Waals surface area contributed by atoms with E-state index in [0.29, 0.717) is 24.6 Å². The van der Waals surface area contributed by atoms with Gasteiger partial charge in [0.05, 0.1) is 0 Å². The van der Waals surface area contributed by atoms with Gasteiger partial charge >= 0.3 is 0 Å². The fraction of sp³-hybridized carbons (Fsp3) is 0.533. The molecule has 1 unspecified atom stereocenters. The van der Waals surface area contributed by atoms with Crippen molar-refractivity contribution >= 4 is 5.91 Å². The molecule has 4 heteroatoms. The Bertz CT molecular complexity index is 414. The molecule has 106 valence electrons. The standard InChI is InChI=1S/C15H25N3O/c1-11(2)8-15(3,10-17)18-14(19)13-6-4-12(9-16)5-7-13/h4-7,11H,8-10,16-17H2,1-3H3,(H,18,19). The molecule has 0 radical (unpaired) electrons. The SMILES string of the molecule is CC(C)CC(C)(CN)NC(=O)c1ccc(CN)cc1. The third-order valence-electron chi connectivity index (χ3n) is 3.18. The van der Waals surface area contributed by atoms with Crippen molar-refractivity contribution in [1.82, 2.24) is 5.32 Å². The molecule has 0 saturated heterocycles. The number of hydrogen-bond donors (Lipinski definition) is 3. The summed E-state index contributed by atoms with van der Waals surface area (Å²) >= 11 is 0. The topological polar surface area (TPSA) is 81.1 Å². The van der Waals surface area contributed by atoms with Crippen LogP contribution in [-0.4, -0.2) is 18.0 Å². The summed E-state index contributed by atoms with van der Waals surface area (Å²) < 4.78 is 0. The lowest BCUT2D eigenvalue weighted by molar-refractivity contribution is 0.0898. The van der Waals surface area contributed by atoms with Crippen LogP contribution in [0.25, 0.3) is 0 Å². The molecule has 0 aliphatic heterocycles. The summed E-state index contributed by atoms with van der Waals surface area (Å²) in [5, 5.41) is 3.03. The Morgan fingerprint density at radius 2 is 1.84 bits per heavy atom. The first-order chi connectivity index (χ1) is 8.90. The van der Waals surface area contributed by atoms with Crippen LogP contribution in [0.5, 0.6) is 0 Å². The van der Waals surface area contributed by atoms with Crippen LogP contribution in [0.3, 0.4) is 0 Å². The van der Waals surface area contributed by atoms with E-state index in [0.717, 1.165) is 12.0 Å². The van der Waals surface area contributed by atoms with Crippen LogP contribution in [0.2, 0.25) is 0 Å². The molecule has 1 aromatic rings. The molecule has 1 amide bonds. The van der Waals surface area contributed by atoms with Gasteiger partial charge in [-0.15, -0.1) is 0 Å². The zero-order valence-corrected chi connectivity index (χ0v) is 12.1. The van der Waals surface area contributed by atoms with Gasteiger partial charge in [0.1, 0.15) is 0 Å². The highest BCUT2D eigenvalue weighted by atomic mass is 16.1. The number of benzene rings is 1. The first-order valence-electron chi connectivity index (χ1n) is 6.72. The average molecular weight is 263 g/mol. The van der Waals surface area contributed by atoms with Crippen molar-refractivity contribution < 1.29 is 4.79 Å². The molecule has 19 heavy (non-hydrogen) atoms. The molecule has 0 fully saturated rings. The Balaban J connectivity index is 2.76. The van der Waals surface area contributed by atoms with E-state index >= 15 is 0 Å². The van der Waals surface area contributed by atoms with Gasteiger partial charge in [-0.2, -0.15) is 0 Å². The summed E-state index contributed by atoms with van der Waals surface area (Å²) in [6, 6.07) is 7.34. The molecule has 0 saturated carbocycles. The van der Waals surface area contributed by atoms with E-state index in [1.54, 1.807) is 12.1 Å². The number of nitrogens with one attached hydrogen (secondary N) is 1. The Hall–Kier alpha value is -1.39. The second kappa shape index (κ2) is 6.68. The van der Waals surface area contributed by atoms with Crippen molar-refractivity contribution in [1.29, 1.82) is 0 Å². The number of carbonyl (C=O) groups excluding carboxylic acids is 1. The Morgan fingerprint density at radius 1 is 1.26 bits per heavy atom. The van der Waals surface area contributed by atoms with Crippen molar-refractivity contribution in [2.75, 3.05) is 6.54 Å². The second-order valence-corrected chi connectivity index (χ2v) is 5.72. The molecule has 0 aliphatic carbocycles. The third-order valence-corrected chi connectivity index (χ3v) is 3.18. The largest absolute Gasteiger partial charge is 0.346 e. The van der Waals surface area contributed by atoms with E-state index in [2.05, 4.69) is 19.2 Å². The van der Waals surface area contributed by atoms with Crippen molar-refractivity contribution in [2.45, 2.75) is 39.3 Å². The maximum atomic E-state index is 12.2. The monoisotopic (exact) mass is 263 g/mol. The minimum atomic E-state index is -0.363. The number of hydrogen-bond acceptors (Lipinski definition) is 3. The van der Waals surface area contributed by atoms with Crippen LogP contribution in [-0.2, 0) is 6.54 Å². The molecule has 1 rings (SSSR count). The summed E-state index contributed by atoms with van der Waals surface area (Å²) in [5.41, 5.74) is 12.6. The Morgan fingerprint density at radius 3 is 2.26 bits per heavy atom. The molecule has 1 aromatic carbocycles. The number of nitrogens with two attached hydrogens (primary N) is 2. The quantitative estimate of drug-likeness (QED) is 0.729. The van der Waals surface area contributed by atoms with E-state index in [1.807, 2.05) is 19.1 Å². The first kappa shape index (κ1) is 15.7. The molecule has 0 spiro atoms. The van der Waals surface area contributed by atoms with Crippen LogP contribution in [0.15, 0.2) is 24.3 Å². The summed E-state index contributed by atoms with van der Waals surface area (Å²) in [4.78, 5) is 12.2. The van der Waals surface area contributed by atoms with Gasteiger partial charge in [0, 0.05) is 24.2 Å². The molecule has 0 bridgehead atoms. The minimum Gasteiger partial charge on any atom is -0.346 e. The number of carbonyl (C=O) groups is 1. The minimum absolute atomic E-state index is 0.0860. The van der Waals surface area contributed by atoms with E-state index in [9.17, 15) is 4.79 Å². The second-order valence-electron chi connectivity index (χ2n) is 5.72. The summed E-state index contributed by atoms with van der Waals surface area (Å²) in [5.74, 6) is 0.394. The van der Waals surface area contributed by atoms with Gasteiger partial charge in [-0.3, -0.25) is 4.79 Å². The van der Waals surface area contributed by atoms with E-state index in [4.69, 9.17) is 11.5 Å². The lowest BCUT2D eigenvalue weighted by Crippen LogP contribution is -2.52. The molecule has 0 aromatic heterocycles. The smallest absolute Gasteiger partial charge is 0.251 e. The van der Waals surface area contributed by atoms with E-state index in [1.165, 1.54) is 0 Å². The number of rotatable bonds is 6. The zero-order valence-electron chi connectivity index (χ0n) is 12.1. The predicted octanol–water partition coefficient (Wildman–Crippen LogP) is 1.64. The Kier molecular flexibility index (Phi) is 5.51. The molecular weight excluding hydrogens is 238 g/mol. The van der Waals surface area contributed by atoms with Gasteiger partial charge in [0.15, 0.2) is 0 Å².